The van der Waals surface area contributed by atoms with E-state index in [0.717, 1.165) is 29.3 Å². The van der Waals surface area contributed by atoms with Crippen LogP contribution in [0.15, 0.2) is 30.3 Å². The molecule has 5 heteroatoms. The number of ether oxygens (including phenoxy) is 1. The highest BCUT2D eigenvalue weighted by Crippen LogP contribution is 2.30. The van der Waals surface area contributed by atoms with Crippen LogP contribution in [-0.4, -0.2) is 40.4 Å². The number of nitrogens with zero attached hydrogens (tertiary/aromatic N) is 1. The van der Waals surface area contributed by atoms with Crippen LogP contribution < -0.4 is 0 Å². The first-order chi connectivity index (χ1) is 9.20. The lowest BCUT2D eigenvalue weighted by atomic mass is 10.2. The Morgan fingerprint density at radius 2 is 1.95 bits per heavy atom. The predicted octanol–water partition coefficient (Wildman–Crippen LogP) is 2.92. The fourth-order valence-corrected chi connectivity index (χ4v) is 4.79. The van der Waals surface area contributed by atoms with Crippen LogP contribution in [0.4, 0.5) is 0 Å². The average molecular weight is 298 g/mol. The molecule has 0 saturated carbocycles. The molecule has 1 saturated heterocycles. The van der Waals surface area contributed by atoms with Gasteiger partial charge in [0.2, 0.25) is 0 Å². The van der Waals surface area contributed by atoms with E-state index in [1.807, 2.05) is 29.6 Å². The Balaban J connectivity index is 1.99. The zero-order valence-corrected chi connectivity index (χ0v) is 12.8. The van der Waals surface area contributed by atoms with Gasteiger partial charge in [-0.1, -0.05) is 53.9 Å². The second kappa shape index (κ2) is 7.22. The summed E-state index contributed by atoms with van der Waals surface area (Å²) in [7, 11) is 0. The molecular formula is C14H20NO2S2+. The van der Waals surface area contributed by atoms with Crippen molar-refractivity contribution >= 4 is 29.5 Å². The fourth-order valence-electron chi connectivity index (χ4n) is 2.21. The first-order valence-corrected chi connectivity index (χ1v) is 8.69. The quantitative estimate of drug-likeness (QED) is 0.617. The third-order valence-corrected chi connectivity index (χ3v) is 5.92. The number of hydrogen-bond donors (Lipinski definition) is 0. The molecule has 104 valence electrons. The third-order valence-electron chi connectivity index (χ3n) is 3.13. The van der Waals surface area contributed by atoms with Crippen LogP contribution in [0.2, 0.25) is 0 Å². The van der Waals surface area contributed by atoms with E-state index in [2.05, 4.69) is 24.3 Å². The molecule has 1 aliphatic rings. The van der Waals surface area contributed by atoms with E-state index >= 15 is 0 Å². The number of carbonyl (C=O) groups is 1. The van der Waals surface area contributed by atoms with Gasteiger partial charge >= 0.3 is 5.97 Å². The number of quaternary nitrogens is 1. The van der Waals surface area contributed by atoms with E-state index in [0.29, 0.717) is 6.61 Å². The summed E-state index contributed by atoms with van der Waals surface area (Å²) in [6.07, 6.45) is 0. The Hall–Kier alpha value is -0.650. The van der Waals surface area contributed by atoms with Gasteiger partial charge in [-0.3, -0.25) is 4.79 Å². The zero-order chi connectivity index (χ0) is 13.6. The van der Waals surface area contributed by atoms with Crippen molar-refractivity contribution in [2.75, 3.05) is 30.0 Å². The van der Waals surface area contributed by atoms with E-state index in [9.17, 15) is 4.79 Å². The van der Waals surface area contributed by atoms with Crippen LogP contribution >= 0.6 is 23.5 Å². The maximum absolute atomic E-state index is 10.9. The Bertz CT molecular complexity index is 405. The van der Waals surface area contributed by atoms with Gasteiger partial charge in [-0.15, -0.1) is 0 Å². The summed E-state index contributed by atoms with van der Waals surface area (Å²) in [4.78, 5) is 10.9. The Kier molecular flexibility index (Phi) is 5.60. The Labute approximate surface area is 123 Å². The van der Waals surface area contributed by atoms with E-state index in [1.165, 1.54) is 17.6 Å². The van der Waals surface area contributed by atoms with Crippen molar-refractivity contribution in [1.29, 1.82) is 0 Å². The smallest absolute Gasteiger partial charge is 0.302 e. The summed E-state index contributed by atoms with van der Waals surface area (Å²) in [5.74, 6) is 2.02. The summed E-state index contributed by atoms with van der Waals surface area (Å²) in [6.45, 7) is 3.90. The SMILES string of the molecule is CC(=O)OCC[N+]1(Cc2ccccc2)CSCSC1. The molecule has 1 heterocycles. The van der Waals surface area contributed by atoms with Gasteiger partial charge < -0.3 is 9.22 Å². The summed E-state index contributed by atoms with van der Waals surface area (Å²) < 4.78 is 6.13. The average Bonchev–Trinajstić information content (AvgIpc) is 2.40. The molecule has 19 heavy (non-hydrogen) atoms. The lowest BCUT2D eigenvalue weighted by molar-refractivity contribution is -0.917. The van der Waals surface area contributed by atoms with Gasteiger partial charge in [0, 0.05) is 17.6 Å². The summed E-state index contributed by atoms with van der Waals surface area (Å²) >= 11 is 3.95. The number of rotatable bonds is 5. The summed E-state index contributed by atoms with van der Waals surface area (Å²) in [5, 5.41) is 1.17. The van der Waals surface area contributed by atoms with Crippen molar-refractivity contribution in [3.05, 3.63) is 35.9 Å². The van der Waals surface area contributed by atoms with Gasteiger partial charge in [0.05, 0.1) is 0 Å². The van der Waals surface area contributed by atoms with Crippen LogP contribution in [0.1, 0.15) is 12.5 Å². The molecule has 0 aliphatic carbocycles. The lowest BCUT2D eigenvalue weighted by Gasteiger charge is -2.40. The van der Waals surface area contributed by atoms with Crippen molar-refractivity contribution in [3.8, 4) is 0 Å². The topological polar surface area (TPSA) is 26.3 Å². The molecule has 1 aromatic carbocycles. The first kappa shape index (κ1) is 14.8. The van der Waals surface area contributed by atoms with Crippen molar-refractivity contribution in [2.45, 2.75) is 13.5 Å². The summed E-state index contributed by atoms with van der Waals surface area (Å²) in [5.41, 5.74) is 1.36. The number of thioether (sulfide) groups is 2. The molecule has 0 atom stereocenters. The second-order valence-electron chi connectivity index (χ2n) is 4.83. The minimum Gasteiger partial charge on any atom is -0.460 e. The molecule has 3 nitrogen and oxygen atoms in total. The predicted molar refractivity (Wildman–Crippen MR) is 81.7 cm³/mol. The molecule has 1 aliphatic heterocycles. The molecule has 0 amide bonds. The molecule has 0 bridgehead atoms. The van der Waals surface area contributed by atoms with Crippen LogP contribution in [0.3, 0.4) is 0 Å². The van der Waals surface area contributed by atoms with Gasteiger partial charge in [0.1, 0.15) is 31.4 Å². The standard InChI is InChI=1S/C14H20NO2S2/c1-13(16)17-8-7-15(10-18-12-19-11-15)9-14-5-3-2-4-6-14/h2-6H,7-12H2,1H3/q+1. The monoisotopic (exact) mass is 298 g/mol. The molecule has 1 aromatic rings. The van der Waals surface area contributed by atoms with Crippen LogP contribution in [0, 0.1) is 0 Å². The van der Waals surface area contributed by atoms with Gasteiger partial charge in [0.15, 0.2) is 0 Å². The van der Waals surface area contributed by atoms with Crippen LogP contribution in [0.25, 0.3) is 0 Å². The molecule has 2 rings (SSSR count). The van der Waals surface area contributed by atoms with E-state index in [1.54, 1.807) is 0 Å². The maximum atomic E-state index is 10.9. The number of hydrogen-bond acceptors (Lipinski definition) is 4. The minimum absolute atomic E-state index is 0.185. The van der Waals surface area contributed by atoms with Gasteiger partial charge in [-0.25, -0.2) is 0 Å². The summed E-state index contributed by atoms with van der Waals surface area (Å²) in [6, 6.07) is 10.6. The Morgan fingerprint density at radius 1 is 1.26 bits per heavy atom. The second-order valence-corrected chi connectivity index (χ2v) is 7.11. The third kappa shape index (κ3) is 4.75. The van der Waals surface area contributed by atoms with Crippen molar-refractivity contribution in [1.82, 2.24) is 0 Å². The first-order valence-electron chi connectivity index (χ1n) is 6.38. The van der Waals surface area contributed by atoms with Crippen LogP contribution in [0.5, 0.6) is 0 Å². The van der Waals surface area contributed by atoms with E-state index < -0.39 is 0 Å². The molecule has 0 aromatic heterocycles. The van der Waals surface area contributed by atoms with E-state index in [4.69, 9.17) is 4.74 Å². The van der Waals surface area contributed by atoms with E-state index in [-0.39, 0.29) is 5.97 Å². The molecule has 1 fully saturated rings. The lowest BCUT2D eigenvalue weighted by Crippen LogP contribution is -2.50. The normalized spacial score (nSPS) is 17.9. The highest BCUT2D eigenvalue weighted by molar-refractivity contribution is 8.16. The fraction of sp³-hybridized carbons (Fsp3) is 0.500. The number of benzene rings is 1. The van der Waals surface area contributed by atoms with Crippen LogP contribution in [-0.2, 0) is 16.1 Å². The van der Waals surface area contributed by atoms with Crippen molar-refractivity contribution < 1.29 is 14.0 Å². The highest BCUT2D eigenvalue weighted by atomic mass is 32.2. The molecule has 0 radical (unpaired) electrons. The molecule has 0 unspecified atom stereocenters. The maximum Gasteiger partial charge on any atom is 0.302 e. The number of esters is 1. The Morgan fingerprint density at radius 3 is 2.58 bits per heavy atom. The molecule has 0 N–H and O–H groups in total. The highest BCUT2D eigenvalue weighted by Gasteiger charge is 2.31. The molecule has 0 spiro atoms. The van der Waals surface area contributed by atoms with Crippen molar-refractivity contribution in [3.63, 3.8) is 0 Å². The number of carbonyl (C=O) groups excluding carboxylic acids is 1. The van der Waals surface area contributed by atoms with Gasteiger partial charge in [0.25, 0.3) is 0 Å². The minimum atomic E-state index is -0.185. The largest absolute Gasteiger partial charge is 0.460 e. The molecular weight excluding hydrogens is 278 g/mol. The van der Waals surface area contributed by atoms with Gasteiger partial charge in [-0.05, 0) is 0 Å². The van der Waals surface area contributed by atoms with Gasteiger partial charge in [-0.2, -0.15) is 0 Å². The zero-order valence-electron chi connectivity index (χ0n) is 11.2. The van der Waals surface area contributed by atoms with Crippen molar-refractivity contribution in [2.24, 2.45) is 0 Å².